The molecule has 1 N–H and O–H groups in total. The molecule has 0 saturated heterocycles. The number of non-ortho nitro benzene ring substituents is 1. The maximum Gasteiger partial charge on any atom is 0.389 e. The van der Waals surface area contributed by atoms with Gasteiger partial charge in [-0.15, -0.1) is 0 Å². The van der Waals surface area contributed by atoms with Crippen LogP contribution in [0.25, 0.3) is 4.98 Å². The molecule has 0 aliphatic rings. The van der Waals surface area contributed by atoms with E-state index in [0.717, 1.165) is 28.6 Å². The molecular formula is C11H13N4O5S+. The Morgan fingerprint density at radius 3 is 2.43 bits per heavy atom. The first kappa shape index (κ1) is 16.5. The number of hydrogen-bond donors (Lipinski definition) is 1. The van der Waals surface area contributed by atoms with Gasteiger partial charge < -0.3 is 5.11 Å². The van der Waals surface area contributed by atoms with E-state index in [2.05, 4.69) is 4.98 Å². The average molecular weight is 313 g/mol. The van der Waals surface area contributed by atoms with E-state index in [9.17, 15) is 23.6 Å². The molecule has 21 heavy (non-hydrogen) atoms. The summed E-state index contributed by atoms with van der Waals surface area (Å²) in [6.07, 6.45) is 0.715. The Bertz CT molecular complexity index is 705. The molecule has 1 rings (SSSR count). The molecule has 0 aliphatic heterocycles. The summed E-state index contributed by atoms with van der Waals surface area (Å²) >= 11 is 0. The van der Waals surface area contributed by atoms with Gasteiger partial charge in [0.25, 0.3) is 5.69 Å². The Labute approximate surface area is 120 Å². The summed E-state index contributed by atoms with van der Waals surface area (Å²) in [7, 11) is -2.73. The van der Waals surface area contributed by atoms with Crippen molar-refractivity contribution in [3.63, 3.8) is 0 Å². The molecule has 10 heteroatoms. The highest BCUT2D eigenvalue weighted by atomic mass is 32.2. The molecule has 0 saturated carbocycles. The van der Waals surface area contributed by atoms with Crippen LogP contribution in [-0.4, -0.2) is 35.8 Å². The van der Waals surface area contributed by atoms with Crippen LogP contribution >= 0.6 is 0 Å². The number of benzene rings is 1. The molecule has 0 unspecified atom stereocenters. The quantitative estimate of drug-likeness (QED) is 0.382. The van der Waals surface area contributed by atoms with Crippen LogP contribution in [0, 0.1) is 15.5 Å². The first-order valence-electron chi connectivity index (χ1n) is 5.67. The van der Waals surface area contributed by atoms with Crippen LogP contribution in [0.2, 0.25) is 0 Å². The second-order valence-corrected chi connectivity index (χ2v) is 6.12. The topological polar surface area (TPSA) is 129 Å². The molecule has 0 aliphatic carbocycles. The van der Waals surface area contributed by atoms with Crippen LogP contribution < -0.4 is 0 Å². The Balaban J connectivity index is 3.13. The highest BCUT2D eigenvalue weighted by Gasteiger charge is 2.29. The number of aliphatic hydroxyl groups excluding tert-OH is 1. The van der Waals surface area contributed by atoms with Gasteiger partial charge in [0, 0.05) is 19.2 Å². The number of rotatable bonds is 5. The molecule has 1 aromatic rings. The average Bonchev–Trinajstić information content (AvgIpc) is 2.45. The molecule has 0 radical (unpaired) electrons. The molecule has 0 fully saturated rings. The summed E-state index contributed by atoms with van der Waals surface area (Å²) in [5.74, 6) is -0.453. The van der Waals surface area contributed by atoms with Gasteiger partial charge in [-0.3, -0.25) is 10.1 Å². The van der Waals surface area contributed by atoms with E-state index in [1.54, 1.807) is 0 Å². The molecule has 0 spiro atoms. The van der Waals surface area contributed by atoms with Crippen molar-refractivity contribution < 1.29 is 18.4 Å². The summed E-state index contributed by atoms with van der Waals surface area (Å²) < 4.78 is 25.4. The van der Waals surface area contributed by atoms with Crippen molar-refractivity contribution in [2.45, 2.75) is 17.9 Å². The fourth-order valence-corrected chi connectivity index (χ4v) is 2.80. The van der Waals surface area contributed by atoms with Gasteiger partial charge in [0.1, 0.15) is 0 Å². The van der Waals surface area contributed by atoms with E-state index in [-0.39, 0.29) is 10.6 Å². The molecule has 0 bridgehead atoms. The summed E-state index contributed by atoms with van der Waals surface area (Å²) in [4.78, 5) is 12.4. The zero-order chi connectivity index (χ0) is 16.2. The summed E-state index contributed by atoms with van der Waals surface area (Å²) in [5, 5.41) is 28.4. The van der Waals surface area contributed by atoms with Crippen LogP contribution in [0.5, 0.6) is 0 Å². The van der Waals surface area contributed by atoms with Gasteiger partial charge in [0.05, 0.1) is 15.9 Å². The minimum absolute atomic E-state index is 0.156. The van der Waals surface area contributed by atoms with E-state index in [0.29, 0.717) is 6.20 Å². The SMILES string of the molecule is C[C@H](/C(O)=C/[N+]#N)N(C)S(=O)(=O)c1ccc([N+](=O)[O-])cc1. The lowest BCUT2D eigenvalue weighted by Gasteiger charge is -2.22. The number of nitrogens with zero attached hydrogens (tertiary/aromatic N) is 4. The molecular weight excluding hydrogens is 300 g/mol. The Kier molecular flexibility index (Phi) is 4.96. The lowest BCUT2D eigenvalue weighted by molar-refractivity contribution is -0.384. The molecule has 112 valence electrons. The van der Waals surface area contributed by atoms with Gasteiger partial charge >= 0.3 is 6.20 Å². The Morgan fingerprint density at radius 2 is 2.00 bits per heavy atom. The van der Waals surface area contributed by atoms with Crippen LogP contribution in [0.4, 0.5) is 5.69 Å². The number of sulfonamides is 1. The first-order chi connectivity index (χ1) is 9.71. The lowest BCUT2D eigenvalue weighted by atomic mass is 10.3. The summed E-state index contributed by atoms with van der Waals surface area (Å²) in [6.45, 7) is 1.39. The van der Waals surface area contributed by atoms with E-state index in [1.165, 1.54) is 14.0 Å². The van der Waals surface area contributed by atoms with Crippen molar-refractivity contribution >= 4 is 15.7 Å². The zero-order valence-corrected chi connectivity index (χ0v) is 12.1. The first-order valence-corrected chi connectivity index (χ1v) is 7.11. The Hall–Kier alpha value is -2.51. The standard InChI is InChI=1S/C11H12N4O5S/c1-8(11(16)7-13-12)14(2)21(19,20)10-5-3-9(4-6-10)15(17)18/h3-8H,1-2H3/p+1/b11-7-/t8-/m1/s1. The number of aliphatic hydroxyl groups is 1. The van der Waals surface area contributed by atoms with Crippen LogP contribution in [0.3, 0.4) is 0 Å². The third-order valence-electron chi connectivity index (χ3n) is 2.89. The van der Waals surface area contributed by atoms with Crippen molar-refractivity contribution in [3.8, 4) is 0 Å². The van der Waals surface area contributed by atoms with Gasteiger partial charge in [0.15, 0.2) is 10.7 Å². The predicted octanol–water partition coefficient (Wildman–Crippen LogP) is 1.86. The number of nitro benzene ring substituents is 1. The summed E-state index contributed by atoms with van der Waals surface area (Å²) in [5.41, 5.74) is -0.230. The molecule has 0 amide bonds. The fraction of sp³-hybridized carbons (Fsp3) is 0.273. The fourth-order valence-electron chi connectivity index (χ4n) is 1.47. The van der Waals surface area contributed by atoms with Gasteiger partial charge in [-0.2, -0.15) is 4.31 Å². The van der Waals surface area contributed by atoms with Gasteiger partial charge in [-0.1, -0.05) is 0 Å². The number of likely N-dealkylation sites (N-methyl/N-ethyl adjacent to an activating group) is 1. The third-order valence-corrected chi connectivity index (χ3v) is 4.83. The smallest absolute Gasteiger partial charge is 0.389 e. The van der Waals surface area contributed by atoms with Crippen molar-refractivity contribution in [3.05, 3.63) is 51.3 Å². The molecule has 1 atom stereocenters. The number of hydrogen-bond acceptors (Lipinski definition) is 6. The van der Waals surface area contributed by atoms with Gasteiger partial charge in [-0.25, -0.2) is 8.42 Å². The van der Waals surface area contributed by atoms with Crippen LogP contribution in [-0.2, 0) is 10.0 Å². The van der Waals surface area contributed by atoms with E-state index in [4.69, 9.17) is 5.39 Å². The minimum Gasteiger partial charge on any atom is -0.504 e. The van der Waals surface area contributed by atoms with Crippen molar-refractivity contribution in [1.29, 1.82) is 5.39 Å². The van der Waals surface area contributed by atoms with Crippen LogP contribution in [0.15, 0.2) is 41.1 Å². The van der Waals surface area contributed by atoms with Crippen LogP contribution in [0.1, 0.15) is 6.92 Å². The van der Waals surface area contributed by atoms with E-state index in [1.807, 2.05) is 0 Å². The second kappa shape index (κ2) is 6.29. The highest BCUT2D eigenvalue weighted by Crippen LogP contribution is 2.21. The largest absolute Gasteiger partial charge is 0.504 e. The van der Waals surface area contributed by atoms with E-state index < -0.39 is 26.7 Å². The minimum atomic E-state index is -3.96. The summed E-state index contributed by atoms with van der Waals surface area (Å²) in [6, 6.07) is 3.39. The van der Waals surface area contributed by atoms with Gasteiger partial charge in [0.2, 0.25) is 15.4 Å². The molecule has 9 nitrogen and oxygen atoms in total. The molecule has 1 aromatic carbocycles. The second-order valence-electron chi connectivity index (χ2n) is 4.12. The highest BCUT2D eigenvalue weighted by molar-refractivity contribution is 7.89. The maximum atomic E-state index is 12.3. The normalized spacial score (nSPS) is 13.7. The monoisotopic (exact) mass is 313 g/mol. The Morgan fingerprint density at radius 1 is 1.48 bits per heavy atom. The lowest BCUT2D eigenvalue weighted by Crippen LogP contribution is -2.36. The molecule has 0 aromatic heterocycles. The number of diazo groups is 1. The van der Waals surface area contributed by atoms with Gasteiger partial charge in [-0.05, 0) is 19.1 Å². The van der Waals surface area contributed by atoms with Crippen molar-refractivity contribution in [1.82, 2.24) is 4.31 Å². The van der Waals surface area contributed by atoms with E-state index >= 15 is 0 Å². The molecule has 0 heterocycles. The maximum absolute atomic E-state index is 12.3. The van der Waals surface area contributed by atoms with Crippen molar-refractivity contribution in [2.75, 3.05) is 7.05 Å². The number of nitro groups is 1. The zero-order valence-electron chi connectivity index (χ0n) is 11.2. The van der Waals surface area contributed by atoms with Crippen molar-refractivity contribution in [2.24, 2.45) is 0 Å². The third kappa shape index (κ3) is 3.53. The predicted molar refractivity (Wildman–Crippen MR) is 73.3 cm³/mol.